The Morgan fingerprint density at radius 3 is 2.81 bits per heavy atom. The van der Waals surface area contributed by atoms with Crippen molar-refractivity contribution >= 4 is 29.9 Å². The molecule has 4 heterocycles. The highest BCUT2D eigenvalue weighted by molar-refractivity contribution is 14.0. The van der Waals surface area contributed by atoms with Crippen molar-refractivity contribution in [2.75, 3.05) is 33.4 Å². The summed E-state index contributed by atoms with van der Waals surface area (Å²) < 4.78 is 14.0. The molecular formula is C18H31IN6O2. The van der Waals surface area contributed by atoms with E-state index >= 15 is 0 Å². The van der Waals surface area contributed by atoms with Crippen LogP contribution in [0.2, 0.25) is 0 Å². The van der Waals surface area contributed by atoms with Crippen LogP contribution in [0.25, 0.3) is 0 Å². The number of morpholine rings is 1. The number of guanidine groups is 1. The zero-order chi connectivity index (χ0) is 17.8. The van der Waals surface area contributed by atoms with Crippen LogP contribution in [0.3, 0.4) is 0 Å². The van der Waals surface area contributed by atoms with E-state index in [0.29, 0.717) is 13.2 Å². The Morgan fingerprint density at radius 2 is 2.00 bits per heavy atom. The zero-order valence-corrected chi connectivity index (χ0v) is 18.4. The molecule has 152 valence electrons. The summed E-state index contributed by atoms with van der Waals surface area (Å²) in [5.74, 6) is 3.04. The standard InChI is InChI=1S/C18H30N6O2.HI/c1-19-18(23-9-11-26-15(13-23)14-6-5-10-25-14)20-12-17-22-21-16-7-3-2-4-8-24(16)17;/h14-15H,2-13H2,1H3,(H,19,20);1H. The average molecular weight is 490 g/mol. The molecule has 9 heteroatoms. The molecule has 8 nitrogen and oxygen atoms in total. The summed E-state index contributed by atoms with van der Waals surface area (Å²) in [7, 11) is 1.84. The smallest absolute Gasteiger partial charge is 0.194 e. The van der Waals surface area contributed by atoms with Crippen LogP contribution in [0.15, 0.2) is 4.99 Å². The molecule has 0 bridgehead atoms. The summed E-state index contributed by atoms with van der Waals surface area (Å²) in [6.45, 7) is 4.92. The van der Waals surface area contributed by atoms with E-state index in [2.05, 4.69) is 30.0 Å². The number of fused-ring (bicyclic) bond motifs is 1. The van der Waals surface area contributed by atoms with Gasteiger partial charge in [-0.1, -0.05) is 6.42 Å². The van der Waals surface area contributed by atoms with Gasteiger partial charge in [0.15, 0.2) is 11.8 Å². The number of aromatic nitrogens is 3. The molecule has 4 rings (SSSR count). The third-order valence-electron chi connectivity index (χ3n) is 5.58. The molecule has 27 heavy (non-hydrogen) atoms. The molecule has 0 saturated carbocycles. The third kappa shape index (κ3) is 4.92. The maximum Gasteiger partial charge on any atom is 0.194 e. The minimum absolute atomic E-state index is 0. The summed E-state index contributed by atoms with van der Waals surface area (Å²) in [4.78, 5) is 6.75. The number of rotatable bonds is 3. The van der Waals surface area contributed by atoms with E-state index < -0.39 is 0 Å². The molecule has 1 aromatic rings. The van der Waals surface area contributed by atoms with Crippen LogP contribution in [0, 0.1) is 0 Å². The van der Waals surface area contributed by atoms with Crippen LogP contribution in [0.5, 0.6) is 0 Å². The molecule has 2 unspecified atom stereocenters. The van der Waals surface area contributed by atoms with Crippen molar-refractivity contribution < 1.29 is 9.47 Å². The van der Waals surface area contributed by atoms with Crippen LogP contribution >= 0.6 is 24.0 Å². The molecule has 2 atom stereocenters. The molecule has 2 fully saturated rings. The second-order valence-corrected chi connectivity index (χ2v) is 7.30. The van der Waals surface area contributed by atoms with E-state index in [4.69, 9.17) is 9.47 Å². The number of nitrogens with one attached hydrogen (secondary N) is 1. The highest BCUT2D eigenvalue weighted by Gasteiger charge is 2.32. The molecule has 0 aliphatic carbocycles. The molecule has 2 saturated heterocycles. The molecule has 0 aromatic carbocycles. The van der Waals surface area contributed by atoms with Gasteiger partial charge in [0.1, 0.15) is 11.9 Å². The number of aryl methyl sites for hydroxylation is 1. The predicted molar refractivity (Wildman–Crippen MR) is 113 cm³/mol. The summed E-state index contributed by atoms with van der Waals surface area (Å²) in [5.41, 5.74) is 0. The number of hydrogen-bond acceptors (Lipinski definition) is 5. The fraction of sp³-hybridized carbons (Fsp3) is 0.833. The van der Waals surface area contributed by atoms with E-state index in [-0.39, 0.29) is 36.2 Å². The molecule has 0 radical (unpaired) electrons. The zero-order valence-electron chi connectivity index (χ0n) is 16.1. The van der Waals surface area contributed by atoms with Gasteiger partial charge in [-0.25, -0.2) is 0 Å². The third-order valence-corrected chi connectivity index (χ3v) is 5.58. The Hall–Kier alpha value is -0.940. The van der Waals surface area contributed by atoms with Crippen LogP contribution in [-0.4, -0.2) is 71.2 Å². The number of nitrogens with zero attached hydrogens (tertiary/aromatic N) is 5. The predicted octanol–water partition coefficient (Wildman–Crippen LogP) is 1.58. The fourth-order valence-corrected chi connectivity index (χ4v) is 4.15. The van der Waals surface area contributed by atoms with Gasteiger partial charge in [-0.05, 0) is 25.7 Å². The number of aliphatic imine (C=N–C) groups is 1. The average Bonchev–Trinajstić information content (AvgIpc) is 3.28. The summed E-state index contributed by atoms with van der Waals surface area (Å²) in [6, 6.07) is 0. The first-order valence-electron chi connectivity index (χ1n) is 9.95. The molecule has 3 aliphatic rings. The van der Waals surface area contributed by atoms with Crippen LogP contribution in [0.4, 0.5) is 0 Å². The lowest BCUT2D eigenvalue weighted by Gasteiger charge is -2.37. The minimum Gasteiger partial charge on any atom is -0.375 e. The molecule has 1 aromatic heterocycles. The van der Waals surface area contributed by atoms with E-state index in [1.54, 1.807) is 0 Å². The van der Waals surface area contributed by atoms with Crippen molar-refractivity contribution in [3.63, 3.8) is 0 Å². The number of halogens is 1. The highest BCUT2D eigenvalue weighted by atomic mass is 127. The molecule has 1 N–H and O–H groups in total. The van der Waals surface area contributed by atoms with Gasteiger partial charge in [-0.2, -0.15) is 0 Å². The quantitative estimate of drug-likeness (QED) is 0.394. The Balaban J connectivity index is 0.00000210. The molecule has 3 aliphatic heterocycles. The van der Waals surface area contributed by atoms with Crippen LogP contribution in [-0.2, 0) is 29.0 Å². The van der Waals surface area contributed by atoms with Crippen molar-refractivity contribution in [3.05, 3.63) is 11.6 Å². The molecule has 0 spiro atoms. The fourth-order valence-electron chi connectivity index (χ4n) is 4.15. The van der Waals surface area contributed by atoms with E-state index in [9.17, 15) is 0 Å². The monoisotopic (exact) mass is 490 g/mol. The first-order chi connectivity index (χ1) is 12.8. The first-order valence-corrected chi connectivity index (χ1v) is 9.95. The molecule has 0 amide bonds. The summed E-state index contributed by atoms with van der Waals surface area (Å²) >= 11 is 0. The lowest BCUT2D eigenvalue weighted by Crippen LogP contribution is -2.53. The minimum atomic E-state index is 0. The summed E-state index contributed by atoms with van der Waals surface area (Å²) in [5, 5.41) is 12.3. The van der Waals surface area contributed by atoms with E-state index in [1.807, 2.05) is 7.05 Å². The van der Waals surface area contributed by atoms with E-state index in [0.717, 1.165) is 63.1 Å². The van der Waals surface area contributed by atoms with Gasteiger partial charge in [0.25, 0.3) is 0 Å². The molecular weight excluding hydrogens is 459 g/mol. The van der Waals surface area contributed by atoms with Crippen molar-refractivity contribution in [1.29, 1.82) is 0 Å². The van der Waals surface area contributed by atoms with Gasteiger partial charge in [-0.15, -0.1) is 34.2 Å². The second-order valence-electron chi connectivity index (χ2n) is 7.30. The van der Waals surface area contributed by atoms with Crippen LogP contribution < -0.4 is 5.32 Å². The maximum atomic E-state index is 5.95. The van der Waals surface area contributed by atoms with E-state index in [1.165, 1.54) is 19.3 Å². The van der Waals surface area contributed by atoms with Crippen molar-refractivity contribution in [2.24, 2.45) is 4.99 Å². The topological polar surface area (TPSA) is 76.8 Å². The second kappa shape index (κ2) is 10.0. The van der Waals surface area contributed by atoms with Gasteiger partial charge in [0.2, 0.25) is 0 Å². The maximum absolute atomic E-state index is 5.95. The van der Waals surface area contributed by atoms with Crippen LogP contribution in [0.1, 0.15) is 43.8 Å². The lowest BCUT2D eigenvalue weighted by atomic mass is 10.1. The Labute approximate surface area is 178 Å². The van der Waals surface area contributed by atoms with Gasteiger partial charge in [-0.3, -0.25) is 4.99 Å². The van der Waals surface area contributed by atoms with Gasteiger partial charge in [0.05, 0.1) is 19.3 Å². The summed E-state index contributed by atoms with van der Waals surface area (Å²) in [6.07, 6.45) is 7.32. The Morgan fingerprint density at radius 1 is 1.11 bits per heavy atom. The number of ether oxygens (including phenoxy) is 2. The highest BCUT2D eigenvalue weighted by Crippen LogP contribution is 2.21. The Bertz CT molecular complexity index is 631. The van der Waals surface area contributed by atoms with Crippen molar-refractivity contribution in [1.82, 2.24) is 25.0 Å². The SMILES string of the molecule is CN=C(NCc1nnc2n1CCCCC2)N1CCOC(C2CCCO2)C1.I. The normalized spacial score (nSPS) is 26.3. The van der Waals surface area contributed by atoms with Gasteiger partial charge in [0, 0.05) is 39.7 Å². The van der Waals surface area contributed by atoms with Gasteiger partial charge < -0.3 is 24.3 Å². The van der Waals surface area contributed by atoms with Crippen molar-refractivity contribution in [2.45, 2.75) is 63.8 Å². The first kappa shape index (κ1) is 20.8. The lowest BCUT2D eigenvalue weighted by molar-refractivity contribution is -0.0817. The number of hydrogen-bond donors (Lipinski definition) is 1. The van der Waals surface area contributed by atoms with Crippen molar-refractivity contribution in [3.8, 4) is 0 Å². The Kier molecular flexibility index (Phi) is 7.71. The van der Waals surface area contributed by atoms with Gasteiger partial charge >= 0.3 is 0 Å². The largest absolute Gasteiger partial charge is 0.375 e.